The summed E-state index contributed by atoms with van der Waals surface area (Å²) < 4.78 is 5.42. The van der Waals surface area contributed by atoms with Gasteiger partial charge in [0, 0.05) is 11.9 Å². The Balaban J connectivity index is 2.77. The fourth-order valence-corrected chi connectivity index (χ4v) is 1.99. The molecule has 2 nitrogen and oxygen atoms in total. The fourth-order valence-electron chi connectivity index (χ4n) is 1.78. The third kappa shape index (κ3) is 3.69. The second kappa shape index (κ2) is 6.77. The molecule has 16 heavy (non-hydrogen) atoms. The highest BCUT2D eigenvalue weighted by Gasteiger charge is 2.12. The van der Waals surface area contributed by atoms with Crippen LogP contribution in [0.25, 0.3) is 0 Å². The van der Waals surface area contributed by atoms with Crippen molar-refractivity contribution in [3.63, 3.8) is 0 Å². The number of hydrogen-bond acceptors (Lipinski definition) is 2. The van der Waals surface area contributed by atoms with Crippen LogP contribution in [-0.4, -0.2) is 31.5 Å². The standard InChI is InChI=1S/C13H20ClNO/c1-4-16-12-7-5-11(6-8-12)13(9-10-14)15(2)3/h5-8,13H,4,9-10H2,1-3H3. The van der Waals surface area contributed by atoms with Crippen LogP contribution in [0.3, 0.4) is 0 Å². The Morgan fingerprint density at radius 3 is 2.31 bits per heavy atom. The Kier molecular flexibility index (Phi) is 5.64. The van der Waals surface area contributed by atoms with Crippen molar-refractivity contribution in [1.29, 1.82) is 0 Å². The molecular formula is C13H20ClNO. The molecule has 0 heterocycles. The summed E-state index contributed by atoms with van der Waals surface area (Å²) >= 11 is 5.82. The molecule has 0 spiro atoms. The number of halogens is 1. The van der Waals surface area contributed by atoms with Crippen LogP contribution in [-0.2, 0) is 0 Å². The summed E-state index contributed by atoms with van der Waals surface area (Å²) in [5, 5.41) is 0. The van der Waals surface area contributed by atoms with Crippen molar-refractivity contribution < 1.29 is 4.74 Å². The molecule has 0 saturated carbocycles. The number of nitrogens with zero attached hydrogens (tertiary/aromatic N) is 1. The second-order valence-electron chi connectivity index (χ2n) is 3.96. The third-order valence-corrected chi connectivity index (χ3v) is 2.80. The van der Waals surface area contributed by atoms with Crippen LogP contribution in [0.4, 0.5) is 0 Å². The minimum atomic E-state index is 0.383. The Labute approximate surface area is 103 Å². The lowest BCUT2D eigenvalue weighted by Gasteiger charge is -2.24. The van der Waals surface area contributed by atoms with Gasteiger partial charge in [0.15, 0.2) is 0 Å². The Hall–Kier alpha value is -0.730. The average Bonchev–Trinajstić information content (AvgIpc) is 2.27. The first kappa shape index (κ1) is 13.3. The van der Waals surface area contributed by atoms with Gasteiger partial charge in [0.1, 0.15) is 5.75 Å². The molecule has 1 rings (SSSR count). The van der Waals surface area contributed by atoms with Crippen LogP contribution < -0.4 is 4.74 Å². The molecule has 0 saturated heterocycles. The molecular weight excluding hydrogens is 222 g/mol. The van der Waals surface area contributed by atoms with Gasteiger partial charge in [-0.15, -0.1) is 11.6 Å². The molecule has 0 amide bonds. The maximum atomic E-state index is 5.82. The molecule has 0 aromatic heterocycles. The van der Waals surface area contributed by atoms with Crippen molar-refractivity contribution in [2.75, 3.05) is 26.6 Å². The molecule has 0 fully saturated rings. The molecule has 0 N–H and O–H groups in total. The number of alkyl halides is 1. The van der Waals surface area contributed by atoms with Gasteiger partial charge in [0.25, 0.3) is 0 Å². The van der Waals surface area contributed by atoms with Crippen LogP contribution in [0.5, 0.6) is 5.75 Å². The molecule has 0 radical (unpaired) electrons. The lowest BCUT2D eigenvalue weighted by molar-refractivity contribution is 0.292. The van der Waals surface area contributed by atoms with Gasteiger partial charge in [-0.3, -0.25) is 0 Å². The molecule has 0 aliphatic rings. The van der Waals surface area contributed by atoms with E-state index in [4.69, 9.17) is 16.3 Å². The number of rotatable bonds is 6. The van der Waals surface area contributed by atoms with Crippen molar-refractivity contribution >= 4 is 11.6 Å². The zero-order valence-corrected chi connectivity index (χ0v) is 11.0. The predicted octanol–water partition coefficient (Wildman–Crippen LogP) is 3.32. The van der Waals surface area contributed by atoms with Crippen LogP contribution in [0, 0.1) is 0 Å². The Morgan fingerprint density at radius 2 is 1.88 bits per heavy atom. The molecule has 90 valence electrons. The first-order valence-corrected chi connectivity index (χ1v) is 6.17. The van der Waals surface area contributed by atoms with Crippen LogP contribution in [0.1, 0.15) is 24.9 Å². The summed E-state index contributed by atoms with van der Waals surface area (Å²) in [5.74, 6) is 1.60. The smallest absolute Gasteiger partial charge is 0.119 e. The van der Waals surface area contributed by atoms with Crippen LogP contribution in [0.2, 0.25) is 0 Å². The molecule has 1 atom stereocenters. The van der Waals surface area contributed by atoms with E-state index in [1.165, 1.54) is 5.56 Å². The zero-order chi connectivity index (χ0) is 12.0. The first-order chi connectivity index (χ1) is 7.69. The normalized spacial score (nSPS) is 12.8. The van der Waals surface area contributed by atoms with Gasteiger partial charge in [0.2, 0.25) is 0 Å². The van der Waals surface area contributed by atoms with E-state index in [2.05, 4.69) is 31.1 Å². The molecule has 0 aliphatic heterocycles. The average molecular weight is 242 g/mol. The maximum Gasteiger partial charge on any atom is 0.119 e. The SMILES string of the molecule is CCOc1ccc(C(CCCl)N(C)C)cc1. The van der Waals surface area contributed by atoms with Gasteiger partial charge < -0.3 is 9.64 Å². The molecule has 3 heteroatoms. The minimum Gasteiger partial charge on any atom is -0.494 e. The summed E-state index contributed by atoms with van der Waals surface area (Å²) in [6, 6.07) is 8.64. The van der Waals surface area contributed by atoms with Crippen molar-refractivity contribution in [3.8, 4) is 5.75 Å². The highest BCUT2D eigenvalue weighted by Crippen LogP contribution is 2.24. The third-order valence-electron chi connectivity index (χ3n) is 2.58. The highest BCUT2D eigenvalue weighted by atomic mass is 35.5. The molecule has 0 bridgehead atoms. The number of benzene rings is 1. The lowest BCUT2D eigenvalue weighted by Crippen LogP contribution is -2.20. The van der Waals surface area contributed by atoms with E-state index in [9.17, 15) is 0 Å². The summed E-state index contributed by atoms with van der Waals surface area (Å²) in [7, 11) is 4.15. The van der Waals surface area contributed by atoms with Gasteiger partial charge in [0.05, 0.1) is 6.61 Å². The summed E-state index contributed by atoms with van der Waals surface area (Å²) in [6.45, 7) is 2.70. The van der Waals surface area contributed by atoms with E-state index < -0.39 is 0 Å². The van der Waals surface area contributed by atoms with Gasteiger partial charge in [-0.25, -0.2) is 0 Å². The largest absolute Gasteiger partial charge is 0.494 e. The molecule has 0 aliphatic carbocycles. The zero-order valence-electron chi connectivity index (χ0n) is 10.2. The summed E-state index contributed by atoms with van der Waals surface area (Å²) in [6.07, 6.45) is 0.961. The van der Waals surface area contributed by atoms with Gasteiger partial charge in [-0.1, -0.05) is 12.1 Å². The lowest BCUT2D eigenvalue weighted by atomic mass is 10.0. The minimum absolute atomic E-state index is 0.383. The molecule has 1 aromatic carbocycles. The quantitative estimate of drug-likeness (QED) is 0.709. The van der Waals surface area contributed by atoms with Crippen molar-refractivity contribution in [3.05, 3.63) is 29.8 Å². The van der Waals surface area contributed by atoms with E-state index >= 15 is 0 Å². The van der Waals surface area contributed by atoms with Crippen molar-refractivity contribution in [2.24, 2.45) is 0 Å². The van der Waals surface area contributed by atoms with Crippen molar-refractivity contribution in [2.45, 2.75) is 19.4 Å². The predicted molar refractivity (Wildman–Crippen MR) is 69.4 cm³/mol. The second-order valence-corrected chi connectivity index (χ2v) is 4.34. The van der Waals surface area contributed by atoms with E-state index in [-0.39, 0.29) is 0 Å². The summed E-state index contributed by atoms with van der Waals surface area (Å²) in [4.78, 5) is 2.19. The van der Waals surface area contributed by atoms with Gasteiger partial charge in [-0.05, 0) is 45.1 Å². The van der Waals surface area contributed by atoms with Crippen LogP contribution in [0.15, 0.2) is 24.3 Å². The van der Waals surface area contributed by atoms with E-state index in [1.807, 2.05) is 19.1 Å². The topological polar surface area (TPSA) is 12.5 Å². The van der Waals surface area contributed by atoms with Crippen molar-refractivity contribution in [1.82, 2.24) is 4.90 Å². The van der Waals surface area contributed by atoms with Crippen LogP contribution >= 0.6 is 11.6 Å². The summed E-state index contributed by atoms with van der Waals surface area (Å²) in [5.41, 5.74) is 1.29. The van der Waals surface area contributed by atoms with E-state index in [0.29, 0.717) is 18.5 Å². The monoisotopic (exact) mass is 241 g/mol. The fraction of sp³-hybridized carbons (Fsp3) is 0.538. The maximum absolute atomic E-state index is 5.82. The number of ether oxygens (including phenoxy) is 1. The highest BCUT2D eigenvalue weighted by molar-refractivity contribution is 6.17. The molecule has 1 aromatic rings. The van der Waals surface area contributed by atoms with E-state index in [0.717, 1.165) is 12.2 Å². The first-order valence-electron chi connectivity index (χ1n) is 5.64. The molecule has 1 unspecified atom stereocenters. The van der Waals surface area contributed by atoms with E-state index in [1.54, 1.807) is 0 Å². The van der Waals surface area contributed by atoms with Gasteiger partial charge >= 0.3 is 0 Å². The Morgan fingerprint density at radius 1 is 1.25 bits per heavy atom. The Bertz CT molecular complexity index is 297. The number of hydrogen-bond donors (Lipinski definition) is 0. The van der Waals surface area contributed by atoms with Gasteiger partial charge in [-0.2, -0.15) is 0 Å².